The van der Waals surface area contributed by atoms with Gasteiger partial charge in [-0.05, 0) is 45.2 Å². The molecule has 1 unspecified atom stereocenters. The number of carbonyl (C=O) groups is 1. The van der Waals surface area contributed by atoms with Crippen LogP contribution in [0.5, 0.6) is 0 Å². The Morgan fingerprint density at radius 3 is 2.62 bits per heavy atom. The second-order valence-electron chi connectivity index (χ2n) is 7.50. The number of benzene rings is 1. The summed E-state index contributed by atoms with van der Waals surface area (Å²) in [5, 5.41) is 7.32. The van der Waals surface area contributed by atoms with Crippen LogP contribution in [-0.4, -0.2) is 33.2 Å². The first-order valence-electron chi connectivity index (χ1n) is 8.51. The van der Waals surface area contributed by atoms with Crippen LogP contribution in [0.25, 0.3) is 0 Å². The van der Waals surface area contributed by atoms with Gasteiger partial charge in [0.1, 0.15) is 0 Å². The van der Waals surface area contributed by atoms with Crippen LogP contribution < -0.4 is 5.32 Å². The zero-order valence-electron chi connectivity index (χ0n) is 14.9. The average molecular weight is 326 g/mol. The zero-order valence-corrected chi connectivity index (χ0v) is 14.9. The molecule has 0 fully saturated rings. The normalized spacial score (nSPS) is 16.5. The first kappa shape index (κ1) is 16.7. The van der Waals surface area contributed by atoms with Crippen LogP contribution in [0.15, 0.2) is 36.7 Å². The highest BCUT2D eigenvalue weighted by Gasteiger charge is 2.25. The Labute approximate surface area is 143 Å². The van der Waals surface area contributed by atoms with Gasteiger partial charge in [0.15, 0.2) is 0 Å². The summed E-state index contributed by atoms with van der Waals surface area (Å²) in [7, 11) is 0. The van der Waals surface area contributed by atoms with Crippen LogP contribution in [0.2, 0.25) is 0 Å². The molecule has 24 heavy (non-hydrogen) atoms. The van der Waals surface area contributed by atoms with Crippen LogP contribution in [0, 0.1) is 0 Å². The van der Waals surface area contributed by atoms with E-state index >= 15 is 0 Å². The number of amides is 1. The standard InChI is InChI=1S/C19H26N4O/c1-14(22-10-9-15-7-5-6-8-16(15)12-22)18(24)21-17-11-20-23(13-17)19(2,3)4/h5-8,11,13-14H,9-10,12H2,1-4H3,(H,21,24). The number of nitrogens with zero attached hydrogens (tertiary/aromatic N) is 3. The first-order chi connectivity index (χ1) is 11.3. The molecular weight excluding hydrogens is 300 g/mol. The number of aromatic nitrogens is 2. The molecular formula is C19H26N4O. The van der Waals surface area contributed by atoms with Crippen LogP contribution in [0.1, 0.15) is 38.8 Å². The predicted molar refractivity (Wildman–Crippen MR) is 95.9 cm³/mol. The van der Waals surface area contributed by atoms with Gasteiger partial charge in [0.05, 0.1) is 23.5 Å². The van der Waals surface area contributed by atoms with E-state index in [0.29, 0.717) is 0 Å². The van der Waals surface area contributed by atoms with Crippen molar-refractivity contribution in [2.24, 2.45) is 0 Å². The number of nitrogens with one attached hydrogen (secondary N) is 1. The minimum Gasteiger partial charge on any atom is -0.322 e. The number of hydrogen-bond donors (Lipinski definition) is 1. The van der Waals surface area contributed by atoms with Crippen molar-refractivity contribution >= 4 is 11.6 Å². The quantitative estimate of drug-likeness (QED) is 0.943. The summed E-state index contributed by atoms with van der Waals surface area (Å²) in [6.45, 7) is 9.95. The molecule has 1 aliphatic rings. The molecule has 0 bridgehead atoms. The van der Waals surface area contributed by atoms with Gasteiger partial charge in [-0.1, -0.05) is 24.3 Å². The van der Waals surface area contributed by atoms with E-state index in [0.717, 1.165) is 25.2 Å². The van der Waals surface area contributed by atoms with Crippen molar-refractivity contribution in [2.45, 2.75) is 52.2 Å². The number of rotatable bonds is 3. The molecule has 1 amide bonds. The minimum absolute atomic E-state index is 0.0165. The fourth-order valence-electron chi connectivity index (χ4n) is 3.01. The Kier molecular flexibility index (Phi) is 4.45. The van der Waals surface area contributed by atoms with E-state index in [-0.39, 0.29) is 17.5 Å². The third-order valence-corrected chi connectivity index (χ3v) is 4.62. The lowest BCUT2D eigenvalue weighted by Crippen LogP contribution is -2.44. The van der Waals surface area contributed by atoms with Crippen LogP contribution in [0.4, 0.5) is 5.69 Å². The van der Waals surface area contributed by atoms with E-state index in [9.17, 15) is 4.79 Å². The van der Waals surface area contributed by atoms with E-state index in [2.05, 4.69) is 60.4 Å². The molecule has 0 radical (unpaired) electrons. The van der Waals surface area contributed by atoms with E-state index in [1.54, 1.807) is 6.20 Å². The smallest absolute Gasteiger partial charge is 0.241 e. The zero-order chi connectivity index (χ0) is 17.3. The highest BCUT2D eigenvalue weighted by Crippen LogP contribution is 2.21. The van der Waals surface area contributed by atoms with Gasteiger partial charge in [-0.2, -0.15) is 5.10 Å². The highest BCUT2D eigenvalue weighted by molar-refractivity contribution is 5.94. The lowest BCUT2D eigenvalue weighted by atomic mass is 9.99. The SMILES string of the molecule is CC(C(=O)Nc1cnn(C(C)(C)C)c1)N1CCc2ccccc2C1. The number of hydrogen-bond acceptors (Lipinski definition) is 3. The summed E-state index contributed by atoms with van der Waals surface area (Å²) in [6.07, 6.45) is 4.59. The van der Waals surface area contributed by atoms with E-state index < -0.39 is 0 Å². The molecule has 2 heterocycles. The van der Waals surface area contributed by atoms with Gasteiger partial charge in [-0.25, -0.2) is 0 Å². The maximum Gasteiger partial charge on any atom is 0.241 e. The molecule has 3 rings (SSSR count). The van der Waals surface area contributed by atoms with Gasteiger partial charge in [-0.15, -0.1) is 0 Å². The second kappa shape index (κ2) is 6.40. The maximum atomic E-state index is 12.6. The molecule has 2 aromatic rings. The molecule has 1 aromatic heterocycles. The van der Waals surface area contributed by atoms with Gasteiger partial charge in [-0.3, -0.25) is 14.4 Å². The molecule has 5 heteroatoms. The molecule has 0 aliphatic carbocycles. The average Bonchev–Trinajstić information content (AvgIpc) is 3.02. The molecule has 0 saturated carbocycles. The topological polar surface area (TPSA) is 50.2 Å². The fraction of sp³-hybridized carbons (Fsp3) is 0.474. The van der Waals surface area contributed by atoms with Gasteiger partial charge in [0, 0.05) is 19.3 Å². The van der Waals surface area contributed by atoms with Gasteiger partial charge < -0.3 is 5.32 Å². The third-order valence-electron chi connectivity index (χ3n) is 4.62. The Balaban J connectivity index is 1.64. The van der Waals surface area contributed by atoms with Crippen molar-refractivity contribution in [3.8, 4) is 0 Å². The fourth-order valence-corrected chi connectivity index (χ4v) is 3.01. The van der Waals surface area contributed by atoms with Gasteiger partial charge >= 0.3 is 0 Å². The van der Waals surface area contributed by atoms with Crippen molar-refractivity contribution in [3.63, 3.8) is 0 Å². The monoisotopic (exact) mass is 326 g/mol. The Bertz CT molecular complexity index is 729. The first-order valence-corrected chi connectivity index (χ1v) is 8.51. The van der Waals surface area contributed by atoms with E-state index in [4.69, 9.17) is 0 Å². The summed E-state index contributed by atoms with van der Waals surface area (Å²) >= 11 is 0. The van der Waals surface area contributed by atoms with Crippen molar-refractivity contribution in [1.82, 2.24) is 14.7 Å². The van der Waals surface area contributed by atoms with Crippen molar-refractivity contribution in [2.75, 3.05) is 11.9 Å². The number of anilines is 1. The largest absolute Gasteiger partial charge is 0.322 e. The summed E-state index contributed by atoms with van der Waals surface area (Å²) in [5.41, 5.74) is 3.38. The van der Waals surface area contributed by atoms with E-state index in [1.165, 1.54) is 11.1 Å². The Morgan fingerprint density at radius 1 is 1.25 bits per heavy atom. The van der Waals surface area contributed by atoms with Gasteiger partial charge in [0.25, 0.3) is 0 Å². The summed E-state index contributed by atoms with van der Waals surface area (Å²) in [6, 6.07) is 8.31. The molecule has 0 saturated heterocycles. The number of carbonyl (C=O) groups excluding carboxylic acids is 1. The molecule has 1 aliphatic heterocycles. The Hall–Kier alpha value is -2.14. The lowest BCUT2D eigenvalue weighted by molar-refractivity contribution is -0.121. The van der Waals surface area contributed by atoms with E-state index in [1.807, 2.05) is 17.8 Å². The molecule has 1 N–H and O–H groups in total. The summed E-state index contributed by atoms with van der Waals surface area (Å²) in [4.78, 5) is 14.8. The molecule has 0 spiro atoms. The van der Waals surface area contributed by atoms with Crippen molar-refractivity contribution < 1.29 is 4.79 Å². The van der Waals surface area contributed by atoms with Crippen molar-refractivity contribution in [1.29, 1.82) is 0 Å². The number of fused-ring (bicyclic) bond motifs is 1. The van der Waals surface area contributed by atoms with Crippen molar-refractivity contribution in [3.05, 3.63) is 47.8 Å². The second-order valence-corrected chi connectivity index (χ2v) is 7.50. The van der Waals surface area contributed by atoms with Crippen LogP contribution >= 0.6 is 0 Å². The maximum absolute atomic E-state index is 12.6. The van der Waals surface area contributed by atoms with Gasteiger partial charge in [0.2, 0.25) is 5.91 Å². The highest BCUT2D eigenvalue weighted by atomic mass is 16.2. The molecule has 5 nitrogen and oxygen atoms in total. The Morgan fingerprint density at radius 2 is 1.96 bits per heavy atom. The van der Waals surface area contributed by atoms with Crippen LogP contribution in [0.3, 0.4) is 0 Å². The molecule has 1 atom stereocenters. The summed E-state index contributed by atoms with van der Waals surface area (Å²) < 4.78 is 1.87. The summed E-state index contributed by atoms with van der Waals surface area (Å²) in [5.74, 6) is 0.0165. The minimum atomic E-state index is -0.170. The lowest BCUT2D eigenvalue weighted by Gasteiger charge is -2.32. The molecule has 128 valence electrons. The van der Waals surface area contributed by atoms with Crippen LogP contribution in [-0.2, 0) is 23.3 Å². The predicted octanol–water partition coefficient (Wildman–Crippen LogP) is 3.02. The molecule has 1 aromatic carbocycles. The third kappa shape index (κ3) is 3.51.